The van der Waals surface area contributed by atoms with Crippen LogP contribution >= 0.6 is 0 Å². The molecular formula is C22H30N2O4S. The van der Waals surface area contributed by atoms with Crippen LogP contribution in [0, 0.1) is 5.92 Å². The average Bonchev–Trinajstić information content (AvgIpc) is 2.66. The Morgan fingerprint density at radius 1 is 1.07 bits per heavy atom. The van der Waals surface area contributed by atoms with Crippen LogP contribution in [0.25, 0.3) is 0 Å². The molecule has 0 saturated heterocycles. The lowest BCUT2D eigenvalue weighted by molar-refractivity contribution is 0.0930. The third kappa shape index (κ3) is 6.22. The average molecular weight is 419 g/mol. The van der Waals surface area contributed by atoms with Gasteiger partial charge >= 0.3 is 0 Å². The number of hydrogen-bond donors (Lipinski definition) is 1. The van der Waals surface area contributed by atoms with E-state index in [0.717, 1.165) is 5.56 Å². The van der Waals surface area contributed by atoms with Crippen molar-refractivity contribution in [2.45, 2.75) is 40.3 Å². The Morgan fingerprint density at radius 2 is 1.69 bits per heavy atom. The lowest BCUT2D eigenvalue weighted by Gasteiger charge is -2.25. The van der Waals surface area contributed by atoms with Gasteiger partial charge < -0.3 is 10.1 Å². The van der Waals surface area contributed by atoms with Gasteiger partial charge in [-0.2, -0.15) is 0 Å². The van der Waals surface area contributed by atoms with Crippen molar-refractivity contribution in [3.63, 3.8) is 0 Å². The Morgan fingerprint density at radius 3 is 2.24 bits per heavy atom. The summed E-state index contributed by atoms with van der Waals surface area (Å²) >= 11 is 0. The van der Waals surface area contributed by atoms with E-state index < -0.39 is 10.0 Å². The fourth-order valence-electron chi connectivity index (χ4n) is 2.71. The van der Waals surface area contributed by atoms with Crippen LogP contribution < -0.4 is 14.4 Å². The summed E-state index contributed by atoms with van der Waals surface area (Å²) in [7, 11) is -3.53. The van der Waals surface area contributed by atoms with Gasteiger partial charge in [0.25, 0.3) is 5.91 Å². The number of rotatable bonds is 9. The molecule has 29 heavy (non-hydrogen) atoms. The third-order valence-electron chi connectivity index (χ3n) is 4.74. The summed E-state index contributed by atoms with van der Waals surface area (Å²) in [4.78, 5) is 12.4. The number of amides is 1. The number of para-hydroxylation sites is 2. The molecule has 0 bridgehead atoms. The second-order valence-electron chi connectivity index (χ2n) is 7.37. The van der Waals surface area contributed by atoms with E-state index in [4.69, 9.17) is 4.74 Å². The minimum atomic E-state index is -3.53. The Balaban J connectivity index is 2.24. The van der Waals surface area contributed by atoms with Crippen molar-refractivity contribution in [2.75, 3.05) is 17.2 Å². The maximum atomic E-state index is 12.5. The van der Waals surface area contributed by atoms with E-state index >= 15 is 0 Å². The smallest absolute Gasteiger partial charge is 0.251 e. The van der Waals surface area contributed by atoms with E-state index in [1.54, 1.807) is 48.5 Å². The minimum absolute atomic E-state index is 0.0676. The van der Waals surface area contributed by atoms with Crippen molar-refractivity contribution < 1.29 is 17.9 Å². The number of hydrogen-bond acceptors (Lipinski definition) is 4. The topological polar surface area (TPSA) is 75.7 Å². The second-order valence-corrected chi connectivity index (χ2v) is 9.28. The molecule has 158 valence electrons. The summed E-state index contributed by atoms with van der Waals surface area (Å²) in [6, 6.07) is 14.1. The van der Waals surface area contributed by atoms with Gasteiger partial charge in [0, 0.05) is 11.6 Å². The number of nitrogens with one attached hydrogen (secondary N) is 1. The molecule has 1 N–H and O–H groups in total. The molecule has 7 heteroatoms. The normalized spacial score (nSPS) is 12.5. The highest BCUT2D eigenvalue weighted by Gasteiger charge is 2.21. The highest BCUT2D eigenvalue weighted by molar-refractivity contribution is 7.92. The summed E-state index contributed by atoms with van der Waals surface area (Å²) in [5.41, 5.74) is 1.81. The zero-order valence-corrected chi connectivity index (χ0v) is 18.5. The Bertz CT molecular complexity index is 924. The van der Waals surface area contributed by atoms with Crippen LogP contribution in [0.2, 0.25) is 0 Å². The number of nitrogens with zero attached hydrogens (tertiary/aromatic N) is 1. The zero-order chi connectivity index (χ0) is 21.6. The predicted octanol–water partition coefficient (Wildman–Crippen LogP) is 3.83. The van der Waals surface area contributed by atoms with Gasteiger partial charge in [-0.1, -0.05) is 38.1 Å². The van der Waals surface area contributed by atoms with Crippen LogP contribution in [0.3, 0.4) is 0 Å². The van der Waals surface area contributed by atoms with Crippen LogP contribution in [-0.4, -0.2) is 33.2 Å². The predicted molar refractivity (Wildman–Crippen MR) is 117 cm³/mol. The molecule has 2 rings (SSSR count). The molecule has 0 saturated carbocycles. The quantitative estimate of drug-likeness (QED) is 0.672. The third-order valence-corrected chi connectivity index (χ3v) is 5.86. The van der Waals surface area contributed by atoms with E-state index in [1.807, 2.05) is 27.7 Å². The van der Waals surface area contributed by atoms with Gasteiger partial charge in [-0.25, -0.2) is 8.42 Å². The molecule has 0 radical (unpaired) electrons. The van der Waals surface area contributed by atoms with E-state index in [1.165, 1.54) is 10.6 Å². The minimum Gasteiger partial charge on any atom is -0.492 e. The van der Waals surface area contributed by atoms with Crippen LogP contribution in [0.1, 0.15) is 43.6 Å². The number of carbonyl (C=O) groups excluding carboxylic acids is 1. The molecule has 0 spiro atoms. The molecule has 2 aromatic rings. The lowest BCUT2D eigenvalue weighted by Crippen LogP contribution is -2.36. The molecule has 0 aliphatic heterocycles. The van der Waals surface area contributed by atoms with E-state index in [0.29, 0.717) is 29.5 Å². The molecule has 1 unspecified atom stereocenters. The van der Waals surface area contributed by atoms with E-state index in [-0.39, 0.29) is 18.5 Å². The molecule has 1 amide bonds. The first-order valence-electron chi connectivity index (χ1n) is 9.72. The van der Waals surface area contributed by atoms with Gasteiger partial charge in [0.15, 0.2) is 0 Å². The largest absolute Gasteiger partial charge is 0.492 e. The number of benzene rings is 2. The van der Waals surface area contributed by atoms with E-state index in [2.05, 4.69) is 5.32 Å². The number of ether oxygens (including phenoxy) is 1. The highest BCUT2D eigenvalue weighted by atomic mass is 32.2. The Kier molecular flexibility index (Phi) is 7.67. The van der Waals surface area contributed by atoms with Gasteiger partial charge in [-0.05, 0) is 49.6 Å². The van der Waals surface area contributed by atoms with Gasteiger partial charge in [0.2, 0.25) is 10.0 Å². The second kappa shape index (κ2) is 9.78. The standard InChI is InChI=1S/C22H30N2O4S/c1-6-28-21-10-8-7-9-20(21)24(29(5,26)27)15-18-11-13-19(14-12-18)22(25)23-17(4)16(2)3/h7-14,16-17H,6,15H2,1-5H3,(H,23,25). The van der Waals surface area contributed by atoms with Crippen LogP contribution in [0.4, 0.5) is 5.69 Å². The first-order chi connectivity index (χ1) is 13.6. The Hall–Kier alpha value is -2.54. The molecule has 1 atom stereocenters. The summed E-state index contributed by atoms with van der Waals surface area (Å²) in [6.45, 7) is 8.50. The summed E-state index contributed by atoms with van der Waals surface area (Å²) < 4.78 is 31.8. The lowest BCUT2D eigenvalue weighted by atomic mass is 10.1. The number of sulfonamides is 1. The summed E-state index contributed by atoms with van der Waals surface area (Å²) in [6.07, 6.45) is 1.17. The maximum Gasteiger partial charge on any atom is 0.251 e. The van der Waals surface area contributed by atoms with Gasteiger partial charge in [-0.15, -0.1) is 0 Å². The highest BCUT2D eigenvalue weighted by Crippen LogP contribution is 2.31. The van der Waals surface area contributed by atoms with Crippen molar-refractivity contribution in [3.8, 4) is 5.75 Å². The van der Waals surface area contributed by atoms with Crippen molar-refractivity contribution >= 4 is 21.6 Å². The SMILES string of the molecule is CCOc1ccccc1N(Cc1ccc(C(=O)NC(C)C(C)C)cc1)S(C)(=O)=O. The zero-order valence-electron chi connectivity index (χ0n) is 17.7. The van der Waals surface area contributed by atoms with Crippen LogP contribution in [-0.2, 0) is 16.6 Å². The van der Waals surface area contributed by atoms with Crippen molar-refractivity contribution in [1.82, 2.24) is 5.32 Å². The number of carbonyl (C=O) groups is 1. The number of anilines is 1. The van der Waals surface area contributed by atoms with E-state index in [9.17, 15) is 13.2 Å². The molecule has 2 aromatic carbocycles. The molecule has 0 heterocycles. The molecule has 0 fully saturated rings. The Labute approximate surface area is 173 Å². The summed E-state index contributed by atoms with van der Waals surface area (Å²) in [5.74, 6) is 0.713. The molecule has 0 aliphatic carbocycles. The first-order valence-corrected chi connectivity index (χ1v) is 11.6. The van der Waals surface area contributed by atoms with Crippen LogP contribution in [0.15, 0.2) is 48.5 Å². The molecular weight excluding hydrogens is 388 g/mol. The fraction of sp³-hybridized carbons (Fsp3) is 0.409. The summed E-state index contributed by atoms with van der Waals surface area (Å²) in [5, 5.41) is 2.97. The van der Waals surface area contributed by atoms with Crippen molar-refractivity contribution in [1.29, 1.82) is 0 Å². The van der Waals surface area contributed by atoms with Gasteiger partial charge in [0.05, 0.1) is 25.1 Å². The maximum absolute atomic E-state index is 12.5. The van der Waals surface area contributed by atoms with Crippen molar-refractivity contribution in [3.05, 3.63) is 59.7 Å². The van der Waals surface area contributed by atoms with Gasteiger partial charge in [-0.3, -0.25) is 9.10 Å². The molecule has 6 nitrogen and oxygen atoms in total. The molecule has 0 aliphatic rings. The van der Waals surface area contributed by atoms with Crippen molar-refractivity contribution in [2.24, 2.45) is 5.92 Å². The fourth-order valence-corrected chi connectivity index (χ4v) is 3.60. The first kappa shape index (κ1) is 22.7. The van der Waals surface area contributed by atoms with Crippen LogP contribution in [0.5, 0.6) is 5.75 Å². The van der Waals surface area contributed by atoms with Gasteiger partial charge in [0.1, 0.15) is 5.75 Å². The molecule has 0 aromatic heterocycles. The monoisotopic (exact) mass is 418 g/mol.